The van der Waals surface area contributed by atoms with Gasteiger partial charge in [-0.25, -0.2) is 0 Å². The molecule has 3 N–H and O–H groups in total. The average Bonchev–Trinajstić information content (AvgIpc) is 2.68. The Bertz CT molecular complexity index is 547. The third-order valence-corrected chi connectivity index (χ3v) is 4.15. The molecule has 22 heavy (non-hydrogen) atoms. The molecule has 6 nitrogen and oxygen atoms in total. The first-order valence-corrected chi connectivity index (χ1v) is 7.66. The lowest BCUT2D eigenvalue weighted by molar-refractivity contribution is -0.131. The summed E-state index contributed by atoms with van der Waals surface area (Å²) < 4.78 is 0. The molecule has 1 aliphatic heterocycles. The number of hydrogen-bond donors (Lipinski definition) is 2. The van der Waals surface area contributed by atoms with Crippen LogP contribution in [-0.2, 0) is 16.1 Å². The van der Waals surface area contributed by atoms with E-state index in [0.29, 0.717) is 26.1 Å². The van der Waals surface area contributed by atoms with Gasteiger partial charge >= 0.3 is 0 Å². The van der Waals surface area contributed by atoms with Crippen LogP contribution in [0.2, 0.25) is 0 Å². The molecule has 0 spiro atoms. The molecule has 2 heterocycles. The number of aromatic nitrogens is 1. The Morgan fingerprint density at radius 3 is 2.86 bits per heavy atom. The molecule has 0 saturated carbocycles. The second kappa shape index (κ2) is 7.35. The molecule has 1 fully saturated rings. The minimum atomic E-state index is -0.207. The summed E-state index contributed by atoms with van der Waals surface area (Å²) >= 11 is 0. The van der Waals surface area contributed by atoms with Gasteiger partial charge < -0.3 is 16.0 Å². The lowest BCUT2D eigenvalue weighted by Crippen LogP contribution is -2.42. The van der Waals surface area contributed by atoms with Gasteiger partial charge in [-0.15, -0.1) is 0 Å². The van der Waals surface area contributed by atoms with Crippen LogP contribution in [0.15, 0.2) is 18.3 Å². The molecule has 1 aromatic rings. The van der Waals surface area contributed by atoms with Gasteiger partial charge in [0, 0.05) is 32.3 Å². The monoisotopic (exact) mass is 304 g/mol. The van der Waals surface area contributed by atoms with Crippen LogP contribution in [0.3, 0.4) is 0 Å². The standard InChI is InChI=1S/C16H24N4O2/c1-11-4-3-7-18-15(11)8-19-16(22)13-5-6-14(17)10-20(9-13)12(2)21/h3-4,7,13-14H,5-6,8-10,17H2,1-2H3,(H,19,22)/t13-,14+/m1/s1. The molecule has 1 aliphatic rings. The number of carbonyl (C=O) groups excluding carboxylic acids is 2. The number of likely N-dealkylation sites (tertiary alicyclic amines) is 1. The van der Waals surface area contributed by atoms with E-state index in [4.69, 9.17) is 5.73 Å². The largest absolute Gasteiger partial charge is 0.350 e. The van der Waals surface area contributed by atoms with Crippen molar-refractivity contribution in [1.29, 1.82) is 0 Å². The van der Waals surface area contributed by atoms with Crippen molar-refractivity contribution in [2.24, 2.45) is 11.7 Å². The number of nitrogens with one attached hydrogen (secondary N) is 1. The van der Waals surface area contributed by atoms with Gasteiger partial charge in [0.2, 0.25) is 11.8 Å². The van der Waals surface area contributed by atoms with E-state index in [1.807, 2.05) is 19.1 Å². The van der Waals surface area contributed by atoms with Crippen molar-refractivity contribution >= 4 is 11.8 Å². The molecule has 1 saturated heterocycles. The molecule has 0 radical (unpaired) electrons. The Hall–Kier alpha value is -1.95. The molecular formula is C16H24N4O2. The van der Waals surface area contributed by atoms with Gasteiger partial charge in [-0.1, -0.05) is 6.07 Å². The molecule has 6 heteroatoms. The third kappa shape index (κ3) is 4.27. The molecule has 1 aromatic heterocycles. The summed E-state index contributed by atoms with van der Waals surface area (Å²) in [7, 11) is 0. The first-order valence-electron chi connectivity index (χ1n) is 7.66. The van der Waals surface area contributed by atoms with E-state index in [1.54, 1.807) is 11.1 Å². The van der Waals surface area contributed by atoms with Crippen molar-refractivity contribution in [2.75, 3.05) is 13.1 Å². The van der Waals surface area contributed by atoms with Crippen molar-refractivity contribution in [1.82, 2.24) is 15.2 Å². The van der Waals surface area contributed by atoms with E-state index in [1.165, 1.54) is 6.92 Å². The molecule has 2 amide bonds. The van der Waals surface area contributed by atoms with E-state index in [2.05, 4.69) is 10.3 Å². The third-order valence-electron chi connectivity index (χ3n) is 4.15. The van der Waals surface area contributed by atoms with Crippen molar-refractivity contribution in [3.05, 3.63) is 29.6 Å². The minimum absolute atomic E-state index is 0.0317. The van der Waals surface area contributed by atoms with Crippen molar-refractivity contribution in [3.63, 3.8) is 0 Å². The number of pyridine rings is 1. The lowest BCUT2D eigenvalue weighted by Gasteiger charge is -2.23. The Morgan fingerprint density at radius 2 is 2.18 bits per heavy atom. The zero-order chi connectivity index (χ0) is 16.1. The summed E-state index contributed by atoms with van der Waals surface area (Å²) in [6.45, 7) is 4.86. The predicted molar refractivity (Wildman–Crippen MR) is 83.8 cm³/mol. The molecule has 0 bridgehead atoms. The molecule has 120 valence electrons. The molecule has 0 aromatic carbocycles. The summed E-state index contributed by atoms with van der Waals surface area (Å²) in [6, 6.07) is 3.79. The number of nitrogens with two attached hydrogens (primary N) is 1. The zero-order valence-corrected chi connectivity index (χ0v) is 13.2. The number of rotatable bonds is 3. The number of hydrogen-bond acceptors (Lipinski definition) is 4. The average molecular weight is 304 g/mol. The van der Waals surface area contributed by atoms with E-state index in [0.717, 1.165) is 17.7 Å². The van der Waals surface area contributed by atoms with Gasteiger partial charge in [0.15, 0.2) is 0 Å². The lowest BCUT2D eigenvalue weighted by atomic mass is 10.0. The highest BCUT2D eigenvalue weighted by Crippen LogP contribution is 2.17. The summed E-state index contributed by atoms with van der Waals surface area (Å²) in [5.41, 5.74) is 7.89. The van der Waals surface area contributed by atoms with Crippen LogP contribution in [0.25, 0.3) is 0 Å². The van der Waals surface area contributed by atoms with Crippen LogP contribution in [-0.4, -0.2) is 40.8 Å². The Balaban J connectivity index is 1.96. The Morgan fingerprint density at radius 1 is 1.41 bits per heavy atom. The summed E-state index contributed by atoms with van der Waals surface area (Å²) in [5, 5.41) is 2.93. The van der Waals surface area contributed by atoms with Gasteiger partial charge in [0.05, 0.1) is 18.2 Å². The quantitative estimate of drug-likeness (QED) is 0.855. The van der Waals surface area contributed by atoms with Gasteiger partial charge in [0.1, 0.15) is 0 Å². The van der Waals surface area contributed by atoms with Crippen molar-refractivity contribution in [2.45, 2.75) is 39.3 Å². The first-order chi connectivity index (χ1) is 10.5. The van der Waals surface area contributed by atoms with Crippen LogP contribution in [0.1, 0.15) is 31.0 Å². The highest BCUT2D eigenvalue weighted by Gasteiger charge is 2.28. The van der Waals surface area contributed by atoms with Crippen LogP contribution in [0, 0.1) is 12.8 Å². The van der Waals surface area contributed by atoms with Crippen LogP contribution in [0.5, 0.6) is 0 Å². The van der Waals surface area contributed by atoms with Gasteiger partial charge in [-0.3, -0.25) is 14.6 Å². The van der Waals surface area contributed by atoms with Crippen LogP contribution >= 0.6 is 0 Å². The topological polar surface area (TPSA) is 88.3 Å². The second-order valence-electron chi connectivity index (χ2n) is 5.94. The van der Waals surface area contributed by atoms with Gasteiger partial charge in [-0.05, 0) is 31.4 Å². The Kier molecular flexibility index (Phi) is 5.49. The minimum Gasteiger partial charge on any atom is -0.350 e. The van der Waals surface area contributed by atoms with Crippen LogP contribution < -0.4 is 11.1 Å². The molecule has 2 atom stereocenters. The first kappa shape index (κ1) is 16.4. The fourth-order valence-electron chi connectivity index (χ4n) is 2.71. The van der Waals surface area contributed by atoms with E-state index >= 15 is 0 Å². The van der Waals surface area contributed by atoms with Crippen molar-refractivity contribution < 1.29 is 9.59 Å². The molecule has 2 rings (SSSR count). The summed E-state index contributed by atoms with van der Waals surface area (Å²) in [4.78, 5) is 30.0. The van der Waals surface area contributed by atoms with Crippen molar-refractivity contribution in [3.8, 4) is 0 Å². The summed E-state index contributed by atoms with van der Waals surface area (Å²) in [5.74, 6) is -0.275. The highest BCUT2D eigenvalue weighted by atomic mass is 16.2. The van der Waals surface area contributed by atoms with E-state index in [9.17, 15) is 9.59 Å². The van der Waals surface area contributed by atoms with E-state index in [-0.39, 0.29) is 23.8 Å². The van der Waals surface area contributed by atoms with Gasteiger partial charge in [-0.2, -0.15) is 0 Å². The van der Waals surface area contributed by atoms with Crippen LogP contribution in [0.4, 0.5) is 0 Å². The Labute approximate surface area is 131 Å². The zero-order valence-electron chi connectivity index (χ0n) is 13.2. The highest BCUT2D eigenvalue weighted by molar-refractivity contribution is 5.80. The molecular weight excluding hydrogens is 280 g/mol. The number of carbonyl (C=O) groups is 2. The maximum Gasteiger partial charge on any atom is 0.225 e. The smallest absolute Gasteiger partial charge is 0.225 e. The molecule has 0 unspecified atom stereocenters. The fraction of sp³-hybridized carbons (Fsp3) is 0.562. The number of aryl methyl sites for hydroxylation is 1. The van der Waals surface area contributed by atoms with Gasteiger partial charge in [0.25, 0.3) is 0 Å². The maximum absolute atomic E-state index is 12.4. The normalized spacial score (nSPS) is 22.0. The summed E-state index contributed by atoms with van der Waals surface area (Å²) in [6.07, 6.45) is 3.18. The number of nitrogens with zero attached hydrogens (tertiary/aromatic N) is 2. The maximum atomic E-state index is 12.4. The number of amides is 2. The SMILES string of the molecule is CC(=O)N1C[C@@H](N)CC[C@@H](C(=O)NCc2ncccc2C)C1. The fourth-order valence-corrected chi connectivity index (χ4v) is 2.71. The second-order valence-corrected chi connectivity index (χ2v) is 5.94. The molecule has 0 aliphatic carbocycles. The predicted octanol–water partition coefficient (Wildman–Crippen LogP) is 0.592. The van der Waals surface area contributed by atoms with E-state index < -0.39 is 0 Å².